The first-order valence-electron chi connectivity index (χ1n) is 5.64. The summed E-state index contributed by atoms with van der Waals surface area (Å²) in [5, 5.41) is 4.91. The highest BCUT2D eigenvalue weighted by molar-refractivity contribution is 9.10. The van der Waals surface area contributed by atoms with Crippen LogP contribution in [0.15, 0.2) is 22.8 Å². The maximum atomic E-state index is 11.5. The van der Waals surface area contributed by atoms with Gasteiger partial charge in [0, 0.05) is 10.7 Å². The number of alkyl carbamates (subject to hydrolysis) is 1. The first-order valence-corrected chi connectivity index (χ1v) is 6.44. The Bertz CT molecular complexity index is 454. The van der Waals surface area contributed by atoms with Gasteiger partial charge in [0.05, 0.1) is 0 Å². The summed E-state index contributed by atoms with van der Waals surface area (Å²) in [4.78, 5) is 26.8. The van der Waals surface area contributed by atoms with E-state index in [1.807, 2.05) is 0 Å². The van der Waals surface area contributed by atoms with Gasteiger partial charge in [-0.05, 0) is 48.8 Å². The van der Waals surface area contributed by atoms with E-state index < -0.39 is 11.7 Å². The molecule has 104 valence electrons. The second-order valence-corrected chi connectivity index (χ2v) is 5.68. The number of halogens is 1. The molecule has 0 unspecified atom stereocenters. The van der Waals surface area contributed by atoms with Crippen LogP contribution in [-0.4, -0.2) is 29.1 Å². The SMILES string of the molecule is CC(C)(C)OC(=O)NCC(=O)Nc1ccc(Br)cn1. The number of hydrogen-bond donors (Lipinski definition) is 2. The van der Waals surface area contributed by atoms with Crippen LogP contribution in [0.5, 0.6) is 0 Å². The minimum absolute atomic E-state index is 0.174. The Kier molecular flexibility index (Phi) is 5.29. The van der Waals surface area contributed by atoms with E-state index in [9.17, 15) is 9.59 Å². The average molecular weight is 330 g/mol. The van der Waals surface area contributed by atoms with Crippen LogP contribution in [0.4, 0.5) is 10.6 Å². The molecule has 0 fully saturated rings. The number of nitrogens with zero attached hydrogens (tertiary/aromatic N) is 1. The molecule has 0 aliphatic carbocycles. The predicted octanol–water partition coefficient (Wildman–Crippen LogP) is 2.31. The fraction of sp³-hybridized carbons (Fsp3) is 0.417. The smallest absolute Gasteiger partial charge is 0.408 e. The first-order chi connectivity index (χ1) is 8.76. The molecule has 0 spiro atoms. The van der Waals surface area contributed by atoms with Crippen LogP contribution in [0.2, 0.25) is 0 Å². The summed E-state index contributed by atoms with van der Waals surface area (Å²) in [6.07, 6.45) is 0.933. The van der Waals surface area contributed by atoms with E-state index in [2.05, 4.69) is 31.5 Å². The van der Waals surface area contributed by atoms with Gasteiger partial charge in [-0.3, -0.25) is 4.79 Å². The predicted molar refractivity (Wildman–Crippen MR) is 74.8 cm³/mol. The molecule has 0 aliphatic heterocycles. The van der Waals surface area contributed by atoms with Crippen LogP contribution in [0, 0.1) is 0 Å². The molecule has 2 amide bonds. The van der Waals surface area contributed by atoms with Crippen LogP contribution in [0.25, 0.3) is 0 Å². The van der Waals surface area contributed by atoms with Crippen molar-refractivity contribution in [2.45, 2.75) is 26.4 Å². The topological polar surface area (TPSA) is 80.3 Å². The van der Waals surface area contributed by atoms with Crippen molar-refractivity contribution >= 4 is 33.7 Å². The number of carbonyl (C=O) groups excluding carboxylic acids is 2. The summed E-state index contributed by atoms with van der Waals surface area (Å²) in [6, 6.07) is 3.40. The van der Waals surface area contributed by atoms with E-state index in [1.54, 1.807) is 39.1 Å². The number of amides is 2. The normalized spacial score (nSPS) is 10.7. The minimum Gasteiger partial charge on any atom is -0.444 e. The summed E-state index contributed by atoms with van der Waals surface area (Å²) in [7, 11) is 0. The minimum atomic E-state index is -0.633. The average Bonchev–Trinajstić information content (AvgIpc) is 2.27. The molecule has 6 nitrogen and oxygen atoms in total. The largest absolute Gasteiger partial charge is 0.444 e. The van der Waals surface area contributed by atoms with Crippen molar-refractivity contribution in [3.8, 4) is 0 Å². The molecule has 0 radical (unpaired) electrons. The highest BCUT2D eigenvalue weighted by Crippen LogP contribution is 2.10. The van der Waals surface area contributed by atoms with Gasteiger partial charge in [-0.1, -0.05) is 0 Å². The molecule has 0 aliphatic rings. The molecule has 0 aromatic carbocycles. The third-order valence-electron chi connectivity index (χ3n) is 1.79. The second-order valence-electron chi connectivity index (χ2n) is 4.77. The van der Waals surface area contributed by atoms with E-state index in [0.29, 0.717) is 5.82 Å². The number of hydrogen-bond acceptors (Lipinski definition) is 4. The zero-order valence-corrected chi connectivity index (χ0v) is 12.6. The Labute approximate surface area is 120 Å². The molecule has 0 saturated heterocycles. The van der Waals surface area contributed by atoms with E-state index >= 15 is 0 Å². The van der Waals surface area contributed by atoms with Gasteiger partial charge in [-0.25, -0.2) is 9.78 Å². The van der Waals surface area contributed by atoms with Gasteiger partial charge >= 0.3 is 6.09 Å². The van der Waals surface area contributed by atoms with Crippen LogP contribution < -0.4 is 10.6 Å². The number of nitrogens with one attached hydrogen (secondary N) is 2. The van der Waals surface area contributed by atoms with Crippen molar-refractivity contribution in [1.82, 2.24) is 10.3 Å². The zero-order chi connectivity index (χ0) is 14.5. The van der Waals surface area contributed by atoms with Crippen molar-refractivity contribution < 1.29 is 14.3 Å². The molecule has 0 atom stereocenters. The van der Waals surface area contributed by atoms with Gasteiger partial charge in [-0.2, -0.15) is 0 Å². The van der Waals surface area contributed by atoms with Crippen LogP contribution in [-0.2, 0) is 9.53 Å². The lowest BCUT2D eigenvalue weighted by Crippen LogP contribution is -2.37. The lowest BCUT2D eigenvalue weighted by molar-refractivity contribution is -0.115. The van der Waals surface area contributed by atoms with Crippen molar-refractivity contribution in [3.05, 3.63) is 22.8 Å². The number of anilines is 1. The fourth-order valence-electron chi connectivity index (χ4n) is 1.10. The maximum Gasteiger partial charge on any atom is 0.408 e. The Balaban J connectivity index is 2.36. The molecule has 1 rings (SSSR count). The quantitative estimate of drug-likeness (QED) is 0.891. The van der Waals surface area contributed by atoms with E-state index in [4.69, 9.17) is 4.74 Å². The monoisotopic (exact) mass is 329 g/mol. The second kappa shape index (κ2) is 6.51. The van der Waals surface area contributed by atoms with Gasteiger partial charge in [0.2, 0.25) is 5.91 Å². The van der Waals surface area contributed by atoms with Crippen molar-refractivity contribution in [1.29, 1.82) is 0 Å². The summed E-state index contributed by atoms with van der Waals surface area (Å²) in [6.45, 7) is 5.07. The molecular weight excluding hydrogens is 314 g/mol. The van der Waals surface area contributed by atoms with Gasteiger partial charge in [-0.15, -0.1) is 0 Å². The third kappa shape index (κ3) is 6.76. The van der Waals surface area contributed by atoms with Crippen molar-refractivity contribution in [2.24, 2.45) is 0 Å². The summed E-state index contributed by atoms with van der Waals surface area (Å²) in [5.74, 6) is 0.0415. The van der Waals surface area contributed by atoms with Gasteiger partial charge in [0.15, 0.2) is 0 Å². The lowest BCUT2D eigenvalue weighted by Gasteiger charge is -2.19. The lowest BCUT2D eigenvalue weighted by atomic mass is 10.2. The number of carbonyl (C=O) groups is 2. The fourth-order valence-corrected chi connectivity index (χ4v) is 1.34. The highest BCUT2D eigenvalue weighted by Gasteiger charge is 2.16. The van der Waals surface area contributed by atoms with Gasteiger partial charge in [0.25, 0.3) is 0 Å². The number of ether oxygens (including phenoxy) is 1. The Hall–Kier alpha value is -1.63. The molecule has 0 bridgehead atoms. The standard InChI is InChI=1S/C12H16BrN3O3/c1-12(2,3)19-11(18)15-7-10(17)16-9-5-4-8(13)6-14-9/h4-6H,7H2,1-3H3,(H,15,18)(H,14,16,17). The molecule has 1 aromatic heterocycles. The van der Waals surface area contributed by atoms with Crippen molar-refractivity contribution in [2.75, 3.05) is 11.9 Å². The molecule has 1 aromatic rings. The first kappa shape index (κ1) is 15.4. The summed E-state index contributed by atoms with van der Waals surface area (Å²) in [5.41, 5.74) is -0.589. The molecule has 2 N–H and O–H groups in total. The molecule has 19 heavy (non-hydrogen) atoms. The molecule has 1 heterocycles. The van der Waals surface area contributed by atoms with E-state index in [0.717, 1.165) is 4.47 Å². The van der Waals surface area contributed by atoms with Crippen LogP contribution >= 0.6 is 15.9 Å². The number of aromatic nitrogens is 1. The Morgan fingerprint density at radius 2 is 2.05 bits per heavy atom. The molecular formula is C12H16BrN3O3. The Morgan fingerprint density at radius 1 is 1.37 bits per heavy atom. The van der Waals surface area contributed by atoms with E-state index in [-0.39, 0.29) is 12.5 Å². The van der Waals surface area contributed by atoms with E-state index in [1.165, 1.54) is 0 Å². The van der Waals surface area contributed by atoms with Gasteiger partial charge < -0.3 is 15.4 Å². The number of pyridine rings is 1. The van der Waals surface area contributed by atoms with Crippen LogP contribution in [0.3, 0.4) is 0 Å². The van der Waals surface area contributed by atoms with Crippen molar-refractivity contribution in [3.63, 3.8) is 0 Å². The number of rotatable bonds is 3. The zero-order valence-electron chi connectivity index (χ0n) is 11.0. The molecule has 0 saturated carbocycles. The molecule has 7 heteroatoms. The van der Waals surface area contributed by atoms with Crippen LogP contribution in [0.1, 0.15) is 20.8 Å². The van der Waals surface area contributed by atoms with Gasteiger partial charge in [0.1, 0.15) is 18.0 Å². The third-order valence-corrected chi connectivity index (χ3v) is 2.26. The maximum absolute atomic E-state index is 11.5. The Morgan fingerprint density at radius 3 is 2.58 bits per heavy atom. The highest BCUT2D eigenvalue weighted by atomic mass is 79.9. The summed E-state index contributed by atoms with van der Waals surface area (Å²) < 4.78 is 5.82. The summed E-state index contributed by atoms with van der Waals surface area (Å²) >= 11 is 3.24.